The molecule has 0 aromatic heterocycles. The Labute approximate surface area is 818 Å². The Kier molecular flexibility index (Phi) is 68.8. The standard InChI is InChI=1S/C93H140ClN15O31/c94-33-3-1-2-4-36-127-40-42-129-38-34-97-81(110)10-7-11-82(111)98-35-39-130-43-45-132-47-49-134-51-53-136-55-57-138-59-61-140-63-62-139-60-58-137-56-54-135-52-50-133-48-46-131-44-41-128-37-32-86(115)105-80(89(118)100-67-88(117)104-73-20-28-77(29-21-73)109-107-75-24-16-71(17-25-75)102-85(114)13-6-9-69(91(121)122)65-79(96)93(125)126)30-31-83(112)99-66-87(116)103-72-18-26-76(27-19-72)108-106-74-22-14-70(15-23-74)101-84(113)12-5-8-68(90(119)120)64-78(95)92(123)124/h14-29,68-69,78-80H,1-13,30-67,95-96H2,(H,97,110)(H,98,111)(H,99,112)(H,100,118)(H,101,113)(H,102,114)(H,103,116)(H,104,117)(H,105,115)(H,119,120)(H,121,122)(H,123,124)(H,125,126)/b108-106+,109-107+/t68-,69-,78-,79-,80+/m0/s1. The molecule has 17 N–H and O–H groups in total. The van der Waals surface area contributed by atoms with Crippen molar-refractivity contribution < 1.29 is 149 Å². The molecule has 0 saturated carbocycles. The highest BCUT2D eigenvalue weighted by Crippen LogP contribution is 2.26. The summed E-state index contributed by atoms with van der Waals surface area (Å²) in [5, 5.41) is 77.6. The van der Waals surface area contributed by atoms with Crippen LogP contribution in [0.3, 0.4) is 0 Å². The number of carboxylic acids is 4. The van der Waals surface area contributed by atoms with Crippen molar-refractivity contribution in [1.29, 1.82) is 0 Å². The number of azo groups is 2. The molecular formula is C93H140ClN15O31. The third-order valence-electron chi connectivity index (χ3n) is 19.7. The minimum atomic E-state index is -1.34. The average Bonchev–Trinajstić information content (AvgIpc) is 0.849. The van der Waals surface area contributed by atoms with Gasteiger partial charge in [0.1, 0.15) is 18.1 Å². The number of nitrogens with zero attached hydrogens (tertiary/aromatic N) is 4. The Bertz CT molecular complexity index is 4230. The smallest absolute Gasteiger partial charge is 0.320 e. The molecule has 0 fully saturated rings. The number of hydrogen-bond acceptors (Lipinski definition) is 33. The lowest BCUT2D eigenvalue weighted by atomic mass is 9.94. The zero-order valence-electron chi connectivity index (χ0n) is 79.3. The van der Waals surface area contributed by atoms with E-state index in [9.17, 15) is 72.5 Å². The summed E-state index contributed by atoms with van der Waals surface area (Å²) >= 11 is 5.68. The number of hydrogen-bond donors (Lipinski definition) is 15. The van der Waals surface area contributed by atoms with Gasteiger partial charge in [0, 0.05) is 86.9 Å². The van der Waals surface area contributed by atoms with Crippen molar-refractivity contribution in [2.45, 2.75) is 134 Å². The van der Waals surface area contributed by atoms with Gasteiger partial charge in [0.25, 0.3) is 0 Å². The van der Waals surface area contributed by atoms with E-state index in [2.05, 4.69) is 68.3 Å². The maximum absolute atomic E-state index is 13.7. The summed E-state index contributed by atoms with van der Waals surface area (Å²) in [6.45, 7) is 10.1. The van der Waals surface area contributed by atoms with E-state index in [1.54, 1.807) is 97.1 Å². The third kappa shape index (κ3) is 65.0. The second-order valence-electron chi connectivity index (χ2n) is 31.1. The molecule has 9 amide bonds. The topological polar surface area (TPSA) is 642 Å². The molecular weight excluding hydrogens is 1860 g/mol. The normalized spacial score (nSPS) is 12.4. The van der Waals surface area contributed by atoms with Gasteiger partial charge in [-0.2, -0.15) is 20.5 Å². The van der Waals surface area contributed by atoms with Crippen molar-refractivity contribution in [1.82, 2.24) is 26.6 Å². The lowest BCUT2D eigenvalue weighted by Crippen LogP contribution is -2.49. The molecule has 46 nitrogen and oxygen atoms in total. The first kappa shape index (κ1) is 121. The van der Waals surface area contributed by atoms with Crippen LogP contribution in [0.25, 0.3) is 0 Å². The first-order chi connectivity index (χ1) is 67.8. The van der Waals surface area contributed by atoms with Crippen molar-refractivity contribution in [3.05, 3.63) is 97.1 Å². The third-order valence-corrected chi connectivity index (χ3v) is 20.0. The zero-order valence-corrected chi connectivity index (χ0v) is 80.1. The number of alkyl halides is 1. The van der Waals surface area contributed by atoms with E-state index in [-0.39, 0.29) is 140 Å². The minimum absolute atomic E-state index is 0.00983. The van der Waals surface area contributed by atoms with Crippen molar-refractivity contribution in [3.63, 3.8) is 0 Å². The molecule has 0 bridgehead atoms. The molecule has 0 heterocycles. The number of anilines is 4. The van der Waals surface area contributed by atoms with E-state index in [4.69, 9.17) is 99.6 Å². The number of rotatable bonds is 88. The van der Waals surface area contributed by atoms with E-state index in [1.165, 1.54) is 0 Å². The molecule has 0 radical (unpaired) electrons. The van der Waals surface area contributed by atoms with E-state index in [0.29, 0.717) is 223 Å². The number of halogens is 1. The van der Waals surface area contributed by atoms with Crippen LogP contribution in [-0.2, 0) is 129 Å². The van der Waals surface area contributed by atoms with Crippen LogP contribution in [0.2, 0.25) is 0 Å². The van der Waals surface area contributed by atoms with Crippen molar-refractivity contribution in [2.75, 3.05) is 238 Å². The molecule has 0 aliphatic rings. The lowest BCUT2D eigenvalue weighted by Gasteiger charge is -2.18. The summed E-state index contributed by atoms with van der Waals surface area (Å²) in [4.78, 5) is 161. The molecule has 0 aliphatic heterocycles. The molecule has 0 aliphatic carbocycles. The van der Waals surface area contributed by atoms with Crippen LogP contribution < -0.4 is 59.3 Å². The summed E-state index contributed by atoms with van der Waals surface area (Å²) in [5.74, 6) is -10.7. The zero-order chi connectivity index (χ0) is 101. The summed E-state index contributed by atoms with van der Waals surface area (Å²) in [6, 6.07) is 21.3. The number of carbonyl (C=O) groups excluding carboxylic acids is 9. The van der Waals surface area contributed by atoms with Gasteiger partial charge in [0.15, 0.2) is 0 Å². The highest BCUT2D eigenvalue weighted by molar-refractivity contribution is 6.17. The van der Waals surface area contributed by atoms with Crippen LogP contribution >= 0.6 is 11.6 Å². The molecule has 780 valence electrons. The number of amides is 9. The summed E-state index contributed by atoms with van der Waals surface area (Å²) in [7, 11) is 0. The molecule has 47 heteroatoms. The van der Waals surface area contributed by atoms with E-state index >= 15 is 0 Å². The Morgan fingerprint density at radius 1 is 0.271 bits per heavy atom. The first-order valence-electron chi connectivity index (χ1n) is 46.7. The van der Waals surface area contributed by atoms with Crippen molar-refractivity contribution >= 4 is 134 Å². The maximum atomic E-state index is 13.7. The number of carbonyl (C=O) groups is 13. The summed E-state index contributed by atoms with van der Waals surface area (Å²) in [6.07, 6.45) is 4.39. The van der Waals surface area contributed by atoms with Gasteiger partial charge in [-0.15, -0.1) is 11.6 Å². The number of ether oxygens (including phenoxy) is 14. The fourth-order valence-electron chi connectivity index (χ4n) is 12.2. The fraction of sp³-hybridized carbons (Fsp3) is 0.602. The molecule has 4 aromatic carbocycles. The van der Waals surface area contributed by atoms with Crippen LogP contribution in [0.5, 0.6) is 0 Å². The minimum Gasteiger partial charge on any atom is -0.481 e. The quantitative estimate of drug-likeness (QED) is 0.0125. The second kappa shape index (κ2) is 79.5. The molecule has 0 saturated heterocycles. The Morgan fingerprint density at radius 3 is 0.864 bits per heavy atom. The Balaban J connectivity index is 1.02. The lowest BCUT2D eigenvalue weighted by molar-refractivity contribution is -0.145. The highest BCUT2D eigenvalue weighted by atomic mass is 35.5. The van der Waals surface area contributed by atoms with Gasteiger partial charge in [-0.3, -0.25) is 62.3 Å². The van der Waals surface area contributed by atoms with Gasteiger partial charge in [-0.05, 0) is 161 Å². The first-order valence-corrected chi connectivity index (χ1v) is 47.3. The summed E-state index contributed by atoms with van der Waals surface area (Å²) in [5.41, 5.74) is 14.3. The number of unbranched alkanes of at least 4 members (excludes halogenated alkanes) is 3. The van der Waals surface area contributed by atoms with Gasteiger partial charge in [0.05, 0.1) is 226 Å². The van der Waals surface area contributed by atoms with Gasteiger partial charge in [0.2, 0.25) is 53.2 Å². The fourth-order valence-corrected chi connectivity index (χ4v) is 12.4. The van der Waals surface area contributed by atoms with E-state index in [1.807, 2.05) is 0 Å². The van der Waals surface area contributed by atoms with Gasteiger partial charge in [-0.1, -0.05) is 12.8 Å². The molecule has 4 aromatic rings. The molecule has 0 unspecified atom stereocenters. The highest BCUT2D eigenvalue weighted by Gasteiger charge is 2.28. The molecule has 4 rings (SSSR count). The van der Waals surface area contributed by atoms with Crippen LogP contribution in [0, 0.1) is 11.8 Å². The van der Waals surface area contributed by atoms with Gasteiger partial charge in [-0.25, -0.2) is 0 Å². The maximum Gasteiger partial charge on any atom is 0.320 e. The molecule has 5 atom stereocenters. The van der Waals surface area contributed by atoms with E-state index < -0.39 is 96.5 Å². The second-order valence-corrected chi connectivity index (χ2v) is 31.5. The van der Waals surface area contributed by atoms with E-state index in [0.717, 1.165) is 25.7 Å². The van der Waals surface area contributed by atoms with Crippen LogP contribution in [0.1, 0.15) is 116 Å². The van der Waals surface area contributed by atoms with Crippen LogP contribution in [0.4, 0.5) is 45.5 Å². The van der Waals surface area contributed by atoms with Crippen LogP contribution in [0.15, 0.2) is 118 Å². The van der Waals surface area contributed by atoms with Gasteiger partial charge < -0.3 is 146 Å². The average molecular weight is 2000 g/mol. The molecule has 0 spiro atoms. The number of aliphatic carboxylic acids is 4. The predicted octanol–water partition coefficient (Wildman–Crippen LogP) is 6.64. The van der Waals surface area contributed by atoms with Crippen LogP contribution in [-0.4, -0.2) is 333 Å². The number of nitrogens with one attached hydrogen (secondary N) is 9. The van der Waals surface area contributed by atoms with Gasteiger partial charge >= 0.3 is 23.9 Å². The number of benzene rings is 4. The van der Waals surface area contributed by atoms with Crippen molar-refractivity contribution in [3.8, 4) is 0 Å². The summed E-state index contributed by atoms with van der Waals surface area (Å²) < 4.78 is 77.5. The largest absolute Gasteiger partial charge is 0.481 e. The molecule has 140 heavy (non-hydrogen) atoms. The monoisotopic (exact) mass is 2000 g/mol. The Hall–Kier alpha value is -11.2. The predicted molar refractivity (Wildman–Crippen MR) is 511 cm³/mol. The SMILES string of the molecule is N[C@@H](C[C@H](CCCC(=O)Nc1ccc(/N=N/c2ccc(NC(=O)CNC(=O)CC[C@@H](NC(=O)CCOCCOCCOCCOCCOCCOCCOCCOCCOCCOCCOCCOCCNC(=O)CCCC(=O)NCCOCCOCCCCCCCl)C(=O)NCC(=O)Nc3ccc(/N=N/c4ccc(NC(=O)CCC[C@@H](C[C@H](N)C(=O)O)C(=O)O)cc4)cc3)cc2)cc1)C(=O)O)C(=O)O. The Morgan fingerprint density at radius 2 is 0.550 bits per heavy atom. The number of nitrogens with two attached hydrogens (primary N) is 2. The van der Waals surface area contributed by atoms with Crippen molar-refractivity contribution in [2.24, 2.45) is 43.8 Å². The number of carboxylic acid groups (broad SMARTS) is 4.